The zero-order valence-electron chi connectivity index (χ0n) is 46.7. The zero-order valence-corrected chi connectivity index (χ0v) is 46.7. The van der Waals surface area contributed by atoms with Gasteiger partial charge in [0, 0.05) is 45.7 Å². The molecule has 410 valence electrons. The number of primary amides is 1. The van der Waals surface area contributed by atoms with E-state index in [9.17, 15) is 24.0 Å². The van der Waals surface area contributed by atoms with Crippen molar-refractivity contribution in [1.29, 1.82) is 0 Å². The van der Waals surface area contributed by atoms with E-state index >= 15 is 0 Å². The second-order valence-corrected chi connectivity index (χ2v) is 21.1. The van der Waals surface area contributed by atoms with Gasteiger partial charge in [0.05, 0.1) is 39.4 Å². The number of nitrogens with two attached hydrogens (primary N) is 1. The molecule has 1 saturated heterocycles. The normalized spacial score (nSPS) is 13.8. The van der Waals surface area contributed by atoms with E-state index in [2.05, 4.69) is 46.4 Å². The first-order valence-corrected chi connectivity index (χ1v) is 29.7. The number of nitrogens with zero attached hydrogens (tertiary/aromatic N) is 5. The van der Waals surface area contributed by atoms with Gasteiger partial charge >= 0.3 is 0 Å². The Morgan fingerprint density at radius 1 is 0.429 bits per heavy atom. The number of ether oxygens (including phenoxy) is 1. The van der Waals surface area contributed by atoms with Crippen molar-refractivity contribution >= 4 is 29.5 Å². The number of morpholine rings is 1. The summed E-state index contributed by atoms with van der Waals surface area (Å²) in [5.74, 6) is -0.826. The predicted octanol–water partition coefficient (Wildman–Crippen LogP) is 12.0. The van der Waals surface area contributed by atoms with Crippen molar-refractivity contribution in [3.8, 4) is 0 Å². The smallest absolute Gasteiger partial charge is 0.242 e. The van der Waals surface area contributed by atoms with E-state index in [0.717, 1.165) is 148 Å². The fourth-order valence-electron chi connectivity index (χ4n) is 9.88. The lowest BCUT2D eigenvalue weighted by Crippen LogP contribution is -2.51. The Kier molecular flexibility index (Phi) is 41.9. The van der Waals surface area contributed by atoms with Gasteiger partial charge in [-0.25, -0.2) is 0 Å². The van der Waals surface area contributed by atoms with Gasteiger partial charge in [-0.3, -0.25) is 28.9 Å². The van der Waals surface area contributed by atoms with Gasteiger partial charge in [-0.15, -0.1) is 0 Å². The van der Waals surface area contributed by atoms with E-state index in [-0.39, 0.29) is 61.6 Å². The van der Waals surface area contributed by atoms with Crippen molar-refractivity contribution in [3.63, 3.8) is 0 Å². The summed E-state index contributed by atoms with van der Waals surface area (Å²) in [5.41, 5.74) is 5.72. The van der Waals surface area contributed by atoms with Crippen molar-refractivity contribution in [2.75, 3.05) is 85.2 Å². The summed E-state index contributed by atoms with van der Waals surface area (Å²) in [6.45, 7) is 18.9. The van der Waals surface area contributed by atoms with E-state index in [0.29, 0.717) is 32.6 Å². The monoisotopic (exact) mass is 989 g/mol. The van der Waals surface area contributed by atoms with Crippen LogP contribution in [0.25, 0.3) is 0 Å². The number of hydrogen-bond acceptors (Lipinski definition) is 7. The molecule has 0 aromatic rings. The maximum Gasteiger partial charge on any atom is 0.242 e. The third kappa shape index (κ3) is 33.8. The Morgan fingerprint density at radius 2 is 0.786 bits per heavy atom. The van der Waals surface area contributed by atoms with Crippen molar-refractivity contribution in [3.05, 3.63) is 0 Å². The van der Waals surface area contributed by atoms with Crippen LogP contribution < -0.4 is 5.73 Å². The summed E-state index contributed by atoms with van der Waals surface area (Å²) in [4.78, 5) is 79.2. The van der Waals surface area contributed by atoms with E-state index in [1.54, 1.807) is 19.6 Å². The molecule has 1 aliphatic heterocycles. The summed E-state index contributed by atoms with van der Waals surface area (Å²) < 4.78 is 5.52. The lowest BCUT2D eigenvalue weighted by Gasteiger charge is -2.33. The van der Waals surface area contributed by atoms with Crippen molar-refractivity contribution in [2.45, 2.75) is 247 Å². The molecule has 1 aliphatic rings. The van der Waals surface area contributed by atoms with Gasteiger partial charge in [-0.1, -0.05) is 202 Å². The highest BCUT2D eigenvalue weighted by atomic mass is 16.5. The van der Waals surface area contributed by atoms with Crippen LogP contribution in [0.3, 0.4) is 0 Å². The molecule has 0 aromatic carbocycles. The maximum atomic E-state index is 14.7. The first-order chi connectivity index (χ1) is 34.0. The van der Waals surface area contributed by atoms with Crippen LogP contribution in [0.1, 0.15) is 247 Å². The molecule has 12 heteroatoms. The van der Waals surface area contributed by atoms with Crippen LogP contribution in [0, 0.1) is 11.8 Å². The summed E-state index contributed by atoms with van der Waals surface area (Å²) in [5, 5.41) is 0. The van der Waals surface area contributed by atoms with Gasteiger partial charge in [0.2, 0.25) is 29.5 Å². The molecule has 1 fully saturated rings. The molecule has 0 radical (unpaired) electrons. The Morgan fingerprint density at radius 3 is 1.20 bits per heavy atom. The average Bonchev–Trinajstić information content (AvgIpc) is 3.35. The van der Waals surface area contributed by atoms with Gasteiger partial charge in [-0.05, 0) is 56.9 Å². The Balaban J connectivity index is 3.32. The Labute approximate surface area is 431 Å². The molecule has 2 atom stereocenters. The molecule has 0 saturated carbocycles. The molecule has 12 nitrogen and oxygen atoms in total. The van der Waals surface area contributed by atoms with Crippen molar-refractivity contribution < 1.29 is 28.7 Å². The van der Waals surface area contributed by atoms with Gasteiger partial charge in [-0.2, -0.15) is 0 Å². The molecule has 70 heavy (non-hydrogen) atoms. The first kappa shape index (κ1) is 65.3. The second-order valence-electron chi connectivity index (χ2n) is 21.1. The van der Waals surface area contributed by atoms with Crippen LogP contribution in [0.2, 0.25) is 0 Å². The van der Waals surface area contributed by atoms with Gasteiger partial charge in [0.25, 0.3) is 0 Å². The standard InChI is InChI=1S/C58H112N6O6/c1-7-13-17-19-21-23-25-27-29-34-40-61(55(66)38-32-31-33-39-60-42-44-70-45-43-60)49-58(69)64(47-53(12-6)37-16-10-4)51-56(67)62(41-35-30-28-26-24-22-20-18-14-8-2)50-57(68)63(48-54(59)65)46-52(11-5)36-15-9-3/h52-53H,7-51H2,1-6H3,(H2,59,65). The summed E-state index contributed by atoms with van der Waals surface area (Å²) in [6.07, 6.45) is 34.5. The number of hydrogen-bond donors (Lipinski definition) is 1. The fraction of sp³-hybridized carbons (Fsp3) is 0.914. The second kappa shape index (κ2) is 44.9. The number of carbonyl (C=O) groups is 5. The van der Waals surface area contributed by atoms with Crippen LogP contribution in [0.5, 0.6) is 0 Å². The average molecular weight is 990 g/mol. The fourth-order valence-corrected chi connectivity index (χ4v) is 9.88. The van der Waals surface area contributed by atoms with Gasteiger partial charge in [0.15, 0.2) is 0 Å². The largest absolute Gasteiger partial charge is 0.379 e. The number of unbranched alkanes of at least 4 members (excludes halogenated alkanes) is 22. The molecule has 0 spiro atoms. The lowest BCUT2D eigenvalue weighted by molar-refractivity contribution is -0.147. The number of carbonyl (C=O) groups excluding carboxylic acids is 5. The number of amides is 5. The van der Waals surface area contributed by atoms with Crippen LogP contribution in [-0.4, -0.2) is 139 Å². The molecule has 1 rings (SSSR count). The summed E-state index contributed by atoms with van der Waals surface area (Å²) in [6, 6.07) is 0. The molecule has 0 bridgehead atoms. The van der Waals surface area contributed by atoms with Crippen molar-refractivity contribution in [1.82, 2.24) is 24.5 Å². The predicted molar refractivity (Wildman–Crippen MR) is 292 cm³/mol. The Hall–Kier alpha value is -2.73. The summed E-state index contributed by atoms with van der Waals surface area (Å²) >= 11 is 0. The number of rotatable bonds is 48. The van der Waals surface area contributed by atoms with Crippen molar-refractivity contribution in [2.24, 2.45) is 17.6 Å². The minimum absolute atomic E-state index is 0.0204. The van der Waals surface area contributed by atoms with Crippen LogP contribution in [0.15, 0.2) is 0 Å². The highest BCUT2D eigenvalue weighted by Crippen LogP contribution is 2.19. The molecule has 1 heterocycles. The van der Waals surface area contributed by atoms with Gasteiger partial charge < -0.3 is 30.1 Å². The minimum atomic E-state index is -0.564. The van der Waals surface area contributed by atoms with E-state index in [1.165, 1.54) is 83.5 Å². The van der Waals surface area contributed by atoms with E-state index in [4.69, 9.17) is 10.5 Å². The topological polar surface area (TPSA) is 137 Å². The first-order valence-electron chi connectivity index (χ1n) is 29.7. The van der Waals surface area contributed by atoms with E-state index < -0.39 is 5.91 Å². The molecule has 5 amide bonds. The third-order valence-corrected chi connectivity index (χ3v) is 14.8. The van der Waals surface area contributed by atoms with Gasteiger partial charge in [0.1, 0.15) is 0 Å². The molecule has 2 N–H and O–H groups in total. The highest BCUT2D eigenvalue weighted by Gasteiger charge is 2.29. The van der Waals surface area contributed by atoms with Crippen LogP contribution >= 0.6 is 0 Å². The molecule has 0 aromatic heterocycles. The van der Waals surface area contributed by atoms with Crippen LogP contribution in [0.4, 0.5) is 0 Å². The molecule has 0 aliphatic carbocycles. The maximum absolute atomic E-state index is 14.7. The Bertz CT molecular complexity index is 1310. The lowest BCUT2D eigenvalue weighted by atomic mass is 9.98. The van der Waals surface area contributed by atoms with Crippen LogP contribution in [-0.2, 0) is 28.7 Å². The molecular weight excluding hydrogens is 877 g/mol. The minimum Gasteiger partial charge on any atom is -0.379 e. The molecule has 2 unspecified atom stereocenters. The SMILES string of the molecule is CCCCCCCCCCCCN(CC(=O)N(CC(=O)N(CCCCCCCCCCCC)CC(=O)N(CC(N)=O)CC(CC)CCCC)CC(CC)CCCC)C(=O)CCCCCN1CCOCC1. The summed E-state index contributed by atoms with van der Waals surface area (Å²) in [7, 11) is 0. The quantitative estimate of drug-likeness (QED) is 0.0599. The highest BCUT2D eigenvalue weighted by molar-refractivity contribution is 5.91. The van der Waals surface area contributed by atoms with E-state index in [1.807, 2.05) is 0 Å². The molecular formula is C58H112N6O6. The third-order valence-electron chi connectivity index (χ3n) is 14.8. The zero-order chi connectivity index (χ0) is 51.5.